The molecule has 152 valence electrons. The number of ether oxygens (including phenoxy) is 1. The number of hydrogen-bond acceptors (Lipinski definition) is 3. The minimum absolute atomic E-state index is 0. The molecular formula is C19H30FIN4O2. The van der Waals surface area contributed by atoms with Crippen LogP contribution in [0.5, 0.6) is 5.75 Å². The average molecular weight is 492 g/mol. The lowest BCUT2D eigenvalue weighted by Crippen LogP contribution is -2.47. The summed E-state index contributed by atoms with van der Waals surface area (Å²) in [4.78, 5) is 18.1. The second-order valence-electron chi connectivity index (χ2n) is 6.70. The number of primary amides is 1. The number of rotatable bonds is 7. The number of nitrogens with zero attached hydrogens (tertiary/aromatic N) is 2. The number of aliphatic imine (C=N–C) groups is 1. The Morgan fingerprint density at radius 3 is 2.78 bits per heavy atom. The van der Waals surface area contributed by atoms with E-state index in [1.54, 1.807) is 12.1 Å². The summed E-state index contributed by atoms with van der Waals surface area (Å²) in [6, 6.07) is 5.98. The Bertz CT molecular complexity index is 612. The maximum Gasteiger partial charge on any atom is 0.217 e. The van der Waals surface area contributed by atoms with Gasteiger partial charge in [0, 0.05) is 26.1 Å². The molecule has 1 heterocycles. The van der Waals surface area contributed by atoms with Crippen molar-refractivity contribution in [2.24, 2.45) is 16.6 Å². The number of carbonyl (C=O) groups is 1. The van der Waals surface area contributed by atoms with Gasteiger partial charge >= 0.3 is 0 Å². The second-order valence-corrected chi connectivity index (χ2v) is 6.70. The maximum atomic E-state index is 13.0. The molecule has 2 rings (SSSR count). The number of guanidine groups is 1. The number of nitrogens with one attached hydrogen (secondary N) is 1. The van der Waals surface area contributed by atoms with Crippen LogP contribution in [0.4, 0.5) is 4.39 Å². The molecular weight excluding hydrogens is 462 g/mol. The normalized spacial score (nSPS) is 18.4. The van der Waals surface area contributed by atoms with E-state index in [1.807, 2.05) is 13.8 Å². The molecule has 0 bridgehead atoms. The van der Waals surface area contributed by atoms with E-state index in [0.29, 0.717) is 18.7 Å². The fourth-order valence-electron chi connectivity index (χ4n) is 3.13. The molecule has 1 saturated heterocycles. The van der Waals surface area contributed by atoms with Gasteiger partial charge in [0.15, 0.2) is 5.96 Å². The smallest absolute Gasteiger partial charge is 0.217 e. The summed E-state index contributed by atoms with van der Waals surface area (Å²) in [5, 5.41) is 3.31. The minimum atomic E-state index is -0.284. The SMILES string of the molecule is CCNC(=NCC(C)Oc1ccc(F)cc1)N1CCCC(CC(N)=O)C1.I. The Morgan fingerprint density at radius 2 is 2.15 bits per heavy atom. The highest BCUT2D eigenvalue weighted by Crippen LogP contribution is 2.19. The molecule has 0 aliphatic carbocycles. The van der Waals surface area contributed by atoms with E-state index in [0.717, 1.165) is 38.4 Å². The Morgan fingerprint density at radius 1 is 1.44 bits per heavy atom. The maximum absolute atomic E-state index is 13.0. The van der Waals surface area contributed by atoms with Crippen LogP contribution < -0.4 is 15.8 Å². The molecule has 0 spiro atoms. The largest absolute Gasteiger partial charge is 0.489 e. The molecule has 0 saturated carbocycles. The van der Waals surface area contributed by atoms with E-state index < -0.39 is 0 Å². The van der Waals surface area contributed by atoms with Crippen molar-refractivity contribution in [2.75, 3.05) is 26.2 Å². The monoisotopic (exact) mass is 492 g/mol. The van der Waals surface area contributed by atoms with E-state index >= 15 is 0 Å². The molecule has 3 N–H and O–H groups in total. The predicted octanol–water partition coefficient (Wildman–Crippen LogP) is 2.76. The van der Waals surface area contributed by atoms with Crippen molar-refractivity contribution in [3.63, 3.8) is 0 Å². The van der Waals surface area contributed by atoms with Crippen LogP contribution in [0, 0.1) is 11.7 Å². The lowest BCUT2D eigenvalue weighted by Gasteiger charge is -2.34. The molecule has 0 aromatic heterocycles. The number of likely N-dealkylation sites (tertiary alicyclic amines) is 1. The third-order valence-corrected chi connectivity index (χ3v) is 4.29. The van der Waals surface area contributed by atoms with Crippen molar-refractivity contribution >= 4 is 35.8 Å². The first kappa shape index (κ1) is 23.5. The van der Waals surface area contributed by atoms with Crippen LogP contribution in [0.3, 0.4) is 0 Å². The summed E-state index contributed by atoms with van der Waals surface area (Å²) >= 11 is 0. The fourth-order valence-corrected chi connectivity index (χ4v) is 3.13. The second kappa shape index (κ2) is 12.0. The molecule has 1 fully saturated rings. The van der Waals surface area contributed by atoms with E-state index in [1.165, 1.54) is 12.1 Å². The van der Waals surface area contributed by atoms with Gasteiger partial charge in [-0.15, -0.1) is 24.0 Å². The first-order chi connectivity index (χ1) is 12.5. The van der Waals surface area contributed by atoms with Gasteiger partial charge in [0.2, 0.25) is 5.91 Å². The molecule has 6 nitrogen and oxygen atoms in total. The predicted molar refractivity (Wildman–Crippen MR) is 116 cm³/mol. The summed E-state index contributed by atoms with van der Waals surface area (Å²) in [6.07, 6.45) is 2.31. The van der Waals surface area contributed by atoms with Gasteiger partial charge in [-0.1, -0.05) is 0 Å². The lowest BCUT2D eigenvalue weighted by molar-refractivity contribution is -0.119. The summed E-state index contributed by atoms with van der Waals surface area (Å²) in [7, 11) is 0. The zero-order valence-electron chi connectivity index (χ0n) is 16.0. The molecule has 1 aliphatic heterocycles. The molecule has 1 aromatic rings. The van der Waals surface area contributed by atoms with Gasteiger partial charge in [-0.3, -0.25) is 4.79 Å². The molecule has 2 unspecified atom stereocenters. The van der Waals surface area contributed by atoms with Crippen molar-refractivity contribution in [1.82, 2.24) is 10.2 Å². The highest BCUT2D eigenvalue weighted by molar-refractivity contribution is 14.0. The number of piperidine rings is 1. The highest BCUT2D eigenvalue weighted by atomic mass is 127. The Hall–Kier alpha value is -1.58. The number of benzene rings is 1. The third-order valence-electron chi connectivity index (χ3n) is 4.29. The van der Waals surface area contributed by atoms with Crippen molar-refractivity contribution in [3.8, 4) is 5.75 Å². The molecule has 1 aromatic carbocycles. The Labute approximate surface area is 177 Å². The number of halogens is 2. The summed E-state index contributed by atoms with van der Waals surface area (Å²) in [5.74, 6) is 1.20. The molecule has 1 aliphatic rings. The first-order valence-corrected chi connectivity index (χ1v) is 9.21. The van der Waals surface area contributed by atoms with Gasteiger partial charge in [-0.2, -0.15) is 0 Å². The van der Waals surface area contributed by atoms with E-state index in [9.17, 15) is 9.18 Å². The van der Waals surface area contributed by atoms with Crippen LogP contribution in [0.25, 0.3) is 0 Å². The molecule has 2 atom stereocenters. The van der Waals surface area contributed by atoms with Gasteiger partial charge in [-0.25, -0.2) is 9.38 Å². The van der Waals surface area contributed by atoms with Crippen LogP contribution >= 0.6 is 24.0 Å². The number of nitrogens with two attached hydrogens (primary N) is 1. The van der Waals surface area contributed by atoms with Crippen LogP contribution in [0.1, 0.15) is 33.1 Å². The number of hydrogen-bond donors (Lipinski definition) is 2. The molecule has 27 heavy (non-hydrogen) atoms. The summed E-state index contributed by atoms with van der Waals surface area (Å²) in [6.45, 7) is 6.90. The van der Waals surface area contributed by atoms with Crippen molar-refractivity contribution in [3.05, 3.63) is 30.1 Å². The van der Waals surface area contributed by atoms with Crippen molar-refractivity contribution < 1.29 is 13.9 Å². The minimum Gasteiger partial charge on any atom is -0.489 e. The van der Waals surface area contributed by atoms with Crippen LogP contribution in [0.15, 0.2) is 29.3 Å². The van der Waals surface area contributed by atoms with Crippen molar-refractivity contribution in [2.45, 2.75) is 39.2 Å². The van der Waals surface area contributed by atoms with Gasteiger partial charge < -0.3 is 20.7 Å². The zero-order chi connectivity index (χ0) is 18.9. The van der Waals surface area contributed by atoms with Crippen LogP contribution in [0.2, 0.25) is 0 Å². The van der Waals surface area contributed by atoms with Gasteiger partial charge in [0.05, 0.1) is 6.54 Å². The standard InChI is InChI=1S/C19H29FN4O2.HI/c1-3-22-19(24-10-4-5-15(13-24)11-18(21)25)23-12-14(2)26-17-8-6-16(20)7-9-17;/h6-9,14-15H,3-5,10-13H2,1-2H3,(H2,21,25)(H,22,23);1H. The van der Waals surface area contributed by atoms with Crippen LogP contribution in [-0.4, -0.2) is 49.0 Å². The quantitative estimate of drug-likeness (QED) is 0.349. The van der Waals surface area contributed by atoms with Crippen molar-refractivity contribution in [1.29, 1.82) is 0 Å². The molecule has 1 amide bonds. The fraction of sp³-hybridized carbons (Fsp3) is 0.579. The Kier molecular flexibility index (Phi) is 10.4. The number of amides is 1. The van der Waals surface area contributed by atoms with Crippen LogP contribution in [-0.2, 0) is 4.79 Å². The highest BCUT2D eigenvalue weighted by Gasteiger charge is 2.23. The zero-order valence-corrected chi connectivity index (χ0v) is 18.3. The lowest BCUT2D eigenvalue weighted by atomic mass is 9.95. The topological polar surface area (TPSA) is 80.0 Å². The number of carbonyl (C=O) groups excluding carboxylic acids is 1. The van der Waals surface area contributed by atoms with Gasteiger partial charge in [0.25, 0.3) is 0 Å². The van der Waals surface area contributed by atoms with Gasteiger partial charge in [-0.05, 0) is 56.9 Å². The van der Waals surface area contributed by atoms with E-state index in [-0.39, 0.29) is 47.7 Å². The summed E-state index contributed by atoms with van der Waals surface area (Å²) < 4.78 is 18.7. The van der Waals surface area contributed by atoms with Gasteiger partial charge in [0.1, 0.15) is 17.7 Å². The average Bonchev–Trinajstić information content (AvgIpc) is 2.60. The molecule has 8 heteroatoms. The van der Waals surface area contributed by atoms with E-state index in [4.69, 9.17) is 10.5 Å². The first-order valence-electron chi connectivity index (χ1n) is 9.21. The molecule has 0 radical (unpaired) electrons. The Balaban J connectivity index is 0.00000364. The third kappa shape index (κ3) is 8.32. The van der Waals surface area contributed by atoms with E-state index in [2.05, 4.69) is 15.2 Å². The summed E-state index contributed by atoms with van der Waals surface area (Å²) in [5.41, 5.74) is 5.34.